The van der Waals surface area contributed by atoms with E-state index in [1.54, 1.807) is 6.07 Å². The third kappa shape index (κ3) is 3.72. The van der Waals surface area contributed by atoms with Crippen molar-refractivity contribution in [3.63, 3.8) is 0 Å². The lowest BCUT2D eigenvalue weighted by atomic mass is 9.86. The van der Waals surface area contributed by atoms with Crippen molar-refractivity contribution in [3.8, 4) is 5.75 Å². The molecule has 1 aromatic rings. The molecule has 1 saturated heterocycles. The van der Waals surface area contributed by atoms with Crippen molar-refractivity contribution in [1.29, 1.82) is 0 Å². The van der Waals surface area contributed by atoms with Crippen molar-refractivity contribution in [2.45, 2.75) is 38.5 Å². The van der Waals surface area contributed by atoms with Gasteiger partial charge in [0.2, 0.25) is 0 Å². The topological polar surface area (TPSA) is 21.3 Å². The van der Waals surface area contributed by atoms with Gasteiger partial charge in [-0.2, -0.15) is 0 Å². The summed E-state index contributed by atoms with van der Waals surface area (Å²) < 4.78 is 19.5. The molecule has 0 bridgehead atoms. The van der Waals surface area contributed by atoms with Crippen LogP contribution in [0.2, 0.25) is 0 Å². The van der Waals surface area contributed by atoms with Gasteiger partial charge in [-0.05, 0) is 74.7 Å². The Morgan fingerprint density at radius 1 is 1.05 bits per heavy atom. The number of piperidine rings is 1. The highest BCUT2D eigenvalue weighted by Gasteiger charge is 2.18. The van der Waals surface area contributed by atoms with E-state index in [0.29, 0.717) is 17.6 Å². The first-order chi connectivity index (χ1) is 9.79. The molecule has 2 fully saturated rings. The van der Waals surface area contributed by atoms with Crippen molar-refractivity contribution in [2.24, 2.45) is 11.8 Å². The van der Waals surface area contributed by atoms with E-state index >= 15 is 0 Å². The summed E-state index contributed by atoms with van der Waals surface area (Å²) in [7, 11) is 0. The van der Waals surface area contributed by atoms with Gasteiger partial charge in [0.15, 0.2) is 0 Å². The average Bonchev–Trinajstić information content (AvgIpc) is 2.37. The summed E-state index contributed by atoms with van der Waals surface area (Å²) in [6.45, 7) is 2.92. The van der Waals surface area contributed by atoms with Gasteiger partial charge in [0.25, 0.3) is 0 Å². The molecule has 1 aromatic carbocycles. The summed E-state index contributed by atoms with van der Waals surface area (Å²) in [5.41, 5.74) is 1.08. The summed E-state index contributed by atoms with van der Waals surface area (Å²) >= 11 is 0. The van der Waals surface area contributed by atoms with E-state index in [9.17, 15) is 4.39 Å². The summed E-state index contributed by atoms with van der Waals surface area (Å²) in [5.74, 6) is 1.91. The Hall–Kier alpha value is -1.09. The van der Waals surface area contributed by atoms with E-state index in [1.165, 1.54) is 38.2 Å². The number of hydrogen-bond donors (Lipinski definition) is 1. The molecule has 1 N–H and O–H groups in total. The lowest BCUT2D eigenvalue weighted by molar-refractivity contribution is 0.180. The molecule has 2 aliphatic rings. The van der Waals surface area contributed by atoms with Crippen molar-refractivity contribution in [1.82, 2.24) is 5.32 Å². The van der Waals surface area contributed by atoms with Crippen LogP contribution in [0, 0.1) is 17.7 Å². The van der Waals surface area contributed by atoms with E-state index in [0.717, 1.165) is 31.7 Å². The monoisotopic (exact) mass is 277 g/mol. The van der Waals surface area contributed by atoms with E-state index in [2.05, 4.69) is 5.32 Å². The molecule has 110 valence electrons. The largest absolute Gasteiger partial charge is 0.493 e. The van der Waals surface area contributed by atoms with Crippen LogP contribution in [0.1, 0.15) is 37.7 Å². The lowest BCUT2D eigenvalue weighted by Crippen LogP contribution is -2.28. The minimum absolute atomic E-state index is 0.167. The second-order valence-corrected chi connectivity index (χ2v) is 6.30. The Balaban J connectivity index is 1.59. The SMILES string of the molecule is Fc1cc(CC2CCNCC2)cc(OCC2CCC2)c1. The quantitative estimate of drug-likeness (QED) is 0.888. The average molecular weight is 277 g/mol. The molecular weight excluding hydrogens is 253 g/mol. The van der Waals surface area contributed by atoms with Crippen LogP contribution in [0.3, 0.4) is 0 Å². The van der Waals surface area contributed by atoms with E-state index < -0.39 is 0 Å². The van der Waals surface area contributed by atoms with Gasteiger partial charge >= 0.3 is 0 Å². The Morgan fingerprint density at radius 3 is 2.55 bits per heavy atom. The van der Waals surface area contributed by atoms with Gasteiger partial charge in [-0.15, -0.1) is 0 Å². The molecule has 1 heterocycles. The first kappa shape index (κ1) is 13.9. The minimum atomic E-state index is -0.167. The first-order valence-electron chi connectivity index (χ1n) is 7.92. The van der Waals surface area contributed by atoms with Gasteiger partial charge < -0.3 is 10.1 Å². The summed E-state index contributed by atoms with van der Waals surface area (Å²) in [5, 5.41) is 3.37. The number of hydrogen-bond acceptors (Lipinski definition) is 2. The summed E-state index contributed by atoms with van der Waals surface area (Å²) in [4.78, 5) is 0. The molecule has 0 atom stereocenters. The van der Waals surface area contributed by atoms with Crippen molar-refractivity contribution >= 4 is 0 Å². The van der Waals surface area contributed by atoms with Gasteiger partial charge in [-0.1, -0.05) is 6.42 Å². The maximum Gasteiger partial charge on any atom is 0.127 e. The van der Waals surface area contributed by atoms with E-state index in [-0.39, 0.29) is 5.82 Å². The van der Waals surface area contributed by atoms with Gasteiger partial charge in [0.05, 0.1) is 6.61 Å². The van der Waals surface area contributed by atoms with Crippen LogP contribution < -0.4 is 10.1 Å². The van der Waals surface area contributed by atoms with Gasteiger partial charge in [0.1, 0.15) is 11.6 Å². The molecule has 3 heteroatoms. The zero-order valence-corrected chi connectivity index (χ0v) is 12.0. The molecule has 1 aliphatic carbocycles. The van der Waals surface area contributed by atoms with Crippen LogP contribution in [0.4, 0.5) is 4.39 Å². The number of halogens is 1. The summed E-state index contributed by atoms with van der Waals surface area (Å²) in [6, 6.07) is 5.21. The standard InChI is InChI=1S/C17H24FNO/c18-16-9-15(8-13-4-6-19-7-5-13)10-17(11-16)20-12-14-2-1-3-14/h9-11,13-14,19H,1-8,12H2. The zero-order chi connectivity index (χ0) is 13.8. The highest BCUT2D eigenvalue weighted by atomic mass is 19.1. The van der Waals surface area contributed by atoms with Gasteiger partial charge in [-0.3, -0.25) is 0 Å². The smallest absolute Gasteiger partial charge is 0.127 e. The zero-order valence-electron chi connectivity index (χ0n) is 12.0. The fourth-order valence-corrected chi connectivity index (χ4v) is 3.11. The fourth-order valence-electron chi connectivity index (χ4n) is 3.11. The van der Waals surface area contributed by atoms with Crippen LogP contribution in [0.5, 0.6) is 5.75 Å². The maximum absolute atomic E-state index is 13.7. The molecular formula is C17H24FNO. The molecule has 1 aliphatic heterocycles. The maximum atomic E-state index is 13.7. The molecule has 0 spiro atoms. The number of nitrogens with one attached hydrogen (secondary N) is 1. The number of ether oxygens (including phenoxy) is 1. The number of rotatable bonds is 5. The molecule has 3 rings (SSSR count). The van der Waals surface area contributed by atoms with Gasteiger partial charge in [-0.25, -0.2) is 4.39 Å². The second-order valence-electron chi connectivity index (χ2n) is 6.30. The Bertz CT molecular complexity index is 439. The van der Waals surface area contributed by atoms with Crippen molar-refractivity contribution in [2.75, 3.05) is 19.7 Å². The molecule has 0 unspecified atom stereocenters. The fraction of sp³-hybridized carbons (Fsp3) is 0.647. The highest BCUT2D eigenvalue weighted by Crippen LogP contribution is 2.28. The third-order valence-corrected chi connectivity index (χ3v) is 4.62. The molecule has 0 aromatic heterocycles. The predicted octanol–water partition coefficient (Wildman–Crippen LogP) is 3.55. The Morgan fingerprint density at radius 2 is 1.85 bits per heavy atom. The number of benzene rings is 1. The van der Waals surface area contributed by atoms with Crippen molar-refractivity contribution in [3.05, 3.63) is 29.6 Å². The highest BCUT2D eigenvalue weighted by molar-refractivity contribution is 5.30. The lowest BCUT2D eigenvalue weighted by Gasteiger charge is -2.25. The Kier molecular flexibility index (Phi) is 4.56. The third-order valence-electron chi connectivity index (χ3n) is 4.62. The van der Waals surface area contributed by atoms with E-state index in [4.69, 9.17) is 4.74 Å². The molecule has 0 radical (unpaired) electrons. The first-order valence-corrected chi connectivity index (χ1v) is 7.92. The Labute approximate surface area is 120 Å². The molecule has 0 amide bonds. The normalized spacial score (nSPS) is 20.6. The predicted molar refractivity (Wildman–Crippen MR) is 78.5 cm³/mol. The van der Waals surface area contributed by atoms with Crippen LogP contribution in [0.15, 0.2) is 18.2 Å². The van der Waals surface area contributed by atoms with Crippen LogP contribution in [-0.4, -0.2) is 19.7 Å². The molecule has 1 saturated carbocycles. The van der Waals surface area contributed by atoms with E-state index in [1.807, 2.05) is 6.07 Å². The van der Waals surface area contributed by atoms with Crippen LogP contribution in [-0.2, 0) is 6.42 Å². The minimum Gasteiger partial charge on any atom is -0.493 e. The summed E-state index contributed by atoms with van der Waals surface area (Å²) in [6.07, 6.45) is 7.19. The van der Waals surface area contributed by atoms with Crippen LogP contribution in [0.25, 0.3) is 0 Å². The van der Waals surface area contributed by atoms with Gasteiger partial charge in [0, 0.05) is 6.07 Å². The second kappa shape index (κ2) is 6.57. The van der Waals surface area contributed by atoms with Crippen LogP contribution >= 0.6 is 0 Å². The molecule has 2 nitrogen and oxygen atoms in total. The van der Waals surface area contributed by atoms with Crippen molar-refractivity contribution < 1.29 is 9.13 Å². The molecule has 20 heavy (non-hydrogen) atoms.